The second-order valence-corrected chi connectivity index (χ2v) is 10.6. The number of nitrogens with zero attached hydrogens (tertiary/aromatic N) is 2. The number of carbonyl (C=O) groups is 1. The van der Waals surface area contributed by atoms with Crippen molar-refractivity contribution in [2.75, 3.05) is 36.9 Å². The van der Waals surface area contributed by atoms with E-state index >= 15 is 0 Å². The third-order valence-corrected chi connectivity index (χ3v) is 8.01. The van der Waals surface area contributed by atoms with Gasteiger partial charge in [0.25, 0.3) is 10.0 Å². The molecule has 3 rings (SSSR count). The topological polar surface area (TPSA) is 69.7 Å². The Bertz CT molecular complexity index is 959. The van der Waals surface area contributed by atoms with Gasteiger partial charge in [-0.05, 0) is 49.6 Å². The first kappa shape index (κ1) is 21.0. The van der Waals surface area contributed by atoms with Crippen molar-refractivity contribution in [2.24, 2.45) is 0 Å². The molecule has 1 N–H and O–H groups in total. The molecule has 6 nitrogen and oxygen atoms in total. The average Bonchev–Trinajstić information content (AvgIpc) is 3.09. The lowest BCUT2D eigenvalue weighted by Crippen LogP contribution is -2.35. The molecule has 0 radical (unpaired) electrons. The van der Waals surface area contributed by atoms with E-state index in [0.29, 0.717) is 10.0 Å². The molecule has 2 aromatic rings. The minimum atomic E-state index is -3.82. The van der Waals surface area contributed by atoms with E-state index in [2.05, 4.69) is 10.2 Å². The second kappa shape index (κ2) is 8.77. The van der Waals surface area contributed by atoms with Crippen LogP contribution in [0.2, 0.25) is 4.34 Å². The van der Waals surface area contributed by atoms with Crippen LogP contribution in [0, 0.1) is 5.82 Å². The maximum atomic E-state index is 13.8. The standard InChI is InChI=1S/C18H21ClFN3O3S2/c1-22(28(25,26)18-8-7-16(19)27-18)12-17(24)21-14-11-13(20)5-6-15(14)23-9-3-2-4-10-23/h5-8,11H,2-4,9-10,12H2,1H3,(H,21,24). The summed E-state index contributed by atoms with van der Waals surface area (Å²) >= 11 is 6.73. The van der Waals surface area contributed by atoms with Gasteiger partial charge in [0.2, 0.25) is 5.91 Å². The predicted octanol–water partition coefficient (Wildman–Crippen LogP) is 3.79. The molecule has 0 bridgehead atoms. The molecule has 0 atom stereocenters. The summed E-state index contributed by atoms with van der Waals surface area (Å²) in [5, 5.41) is 2.66. The first-order valence-electron chi connectivity index (χ1n) is 8.83. The summed E-state index contributed by atoms with van der Waals surface area (Å²) in [6.07, 6.45) is 3.22. The number of rotatable bonds is 6. The van der Waals surface area contributed by atoms with Gasteiger partial charge in [0.1, 0.15) is 10.0 Å². The van der Waals surface area contributed by atoms with Crippen molar-refractivity contribution >= 4 is 50.2 Å². The summed E-state index contributed by atoms with van der Waals surface area (Å²) in [5.74, 6) is -1.01. The van der Waals surface area contributed by atoms with E-state index in [-0.39, 0.29) is 4.21 Å². The van der Waals surface area contributed by atoms with Gasteiger partial charge in [0.15, 0.2) is 0 Å². The Morgan fingerprint density at radius 3 is 2.61 bits per heavy atom. The lowest BCUT2D eigenvalue weighted by Gasteiger charge is -2.30. The lowest BCUT2D eigenvalue weighted by atomic mass is 10.1. The average molecular weight is 446 g/mol. The van der Waals surface area contributed by atoms with Crippen LogP contribution in [0.3, 0.4) is 0 Å². The number of likely N-dealkylation sites (N-methyl/N-ethyl adjacent to an activating group) is 1. The van der Waals surface area contributed by atoms with Crippen LogP contribution >= 0.6 is 22.9 Å². The fourth-order valence-corrected chi connectivity index (χ4v) is 5.91. The highest BCUT2D eigenvalue weighted by molar-refractivity contribution is 7.91. The number of sulfonamides is 1. The molecule has 1 aliphatic heterocycles. The fourth-order valence-electron chi connectivity index (χ4n) is 3.09. The van der Waals surface area contributed by atoms with Crippen molar-refractivity contribution in [1.29, 1.82) is 0 Å². The van der Waals surface area contributed by atoms with Crippen molar-refractivity contribution in [1.82, 2.24) is 4.31 Å². The van der Waals surface area contributed by atoms with E-state index < -0.39 is 28.3 Å². The summed E-state index contributed by atoms with van der Waals surface area (Å²) in [4.78, 5) is 14.6. The number of benzene rings is 1. The number of anilines is 2. The molecule has 2 heterocycles. The Morgan fingerprint density at radius 2 is 1.96 bits per heavy atom. The molecule has 0 spiro atoms. The largest absolute Gasteiger partial charge is 0.370 e. The minimum absolute atomic E-state index is 0.0626. The van der Waals surface area contributed by atoms with Crippen LogP contribution in [0.25, 0.3) is 0 Å². The third-order valence-electron chi connectivity index (χ3n) is 4.51. The molecular weight excluding hydrogens is 425 g/mol. The van der Waals surface area contributed by atoms with Gasteiger partial charge in [-0.3, -0.25) is 4.79 Å². The first-order valence-corrected chi connectivity index (χ1v) is 11.5. The number of hydrogen-bond donors (Lipinski definition) is 1. The number of hydrogen-bond acceptors (Lipinski definition) is 5. The molecule has 1 fully saturated rings. The molecule has 1 aromatic carbocycles. The summed E-state index contributed by atoms with van der Waals surface area (Å²) in [6, 6.07) is 7.15. The molecule has 0 saturated carbocycles. The molecule has 10 heteroatoms. The smallest absolute Gasteiger partial charge is 0.252 e. The summed E-state index contributed by atoms with van der Waals surface area (Å²) in [6.45, 7) is 1.28. The Morgan fingerprint density at radius 1 is 1.25 bits per heavy atom. The third kappa shape index (κ3) is 4.83. The van der Waals surface area contributed by atoms with Gasteiger partial charge in [-0.25, -0.2) is 12.8 Å². The lowest BCUT2D eigenvalue weighted by molar-refractivity contribution is -0.116. The zero-order valence-corrected chi connectivity index (χ0v) is 17.7. The van der Waals surface area contributed by atoms with Gasteiger partial charge >= 0.3 is 0 Å². The number of piperidine rings is 1. The van der Waals surface area contributed by atoms with Gasteiger partial charge in [-0.15, -0.1) is 11.3 Å². The zero-order valence-electron chi connectivity index (χ0n) is 15.3. The van der Waals surface area contributed by atoms with Gasteiger partial charge in [0.05, 0.1) is 22.3 Å². The number of amides is 1. The van der Waals surface area contributed by atoms with E-state index in [1.54, 1.807) is 6.07 Å². The maximum Gasteiger partial charge on any atom is 0.252 e. The molecule has 28 heavy (non-hydrogen) atoms. The van der Waals surface area contributed by atoms with Gasteiger partial charge in [-0.2, -0.15) is 4.31 Å². The van der Waals surface area contributed by atoms with Gasteiger partial charge in [0, 0.05) is 20.1 Å². The summed E-state index contributed by atoms with van der Waals surface area (Å²) in [7, 11) is -2.50. The predicted molar refractivity (Wildman–Crippen MR) is 110 cm³/mol. The molecule has 152 valence electrons. The van der Waals surface area contributed by atoms with Crippen LogP contribution in [0.1, 0.15) is 19.3 Å². The first-order chi connectivity index (χ1) is 13.3. The molecule has 0 aliphatic carbocycles. The van der Waals surface area contributed by atoms with E-state index in [1.807, 2.05) is 0 Å². The number of nitrogens with one attached hydrogen (secondary N) is 1. The molecule has 0 unspecified atom stereocenters. The van der Waals surface area contributed by atoms with Crippen molar-refractivity contribution in [3.63, 3.8) is 0 Å². The Labute approximate surface area is 173 Å². The summed E-state index contributed by atoms with van der Waals surface area (Å²) in [5.41, 5.74) is 1.09. The van der Waals surface area contributed by atoms with E-state index in [9.17, 15) is 17.6 Å². The van der Waals surface area contributed by atoms with Crippen LogP contribution in [0.15, 0.2) is 34.5 Å². The molecule has 1 aliphatic rings. The van der Waals surface area contributed by atoms with Crippen LogP contribution < -0.4 is 10.2 Å². The van der Waals surface area contributed by atoms with Crippen molar-refractivity contribution in [2.45, 2.75) is 23.5 Å². The van der Waals surface area contributed by atoms with Gasteiger partial charge < -0.3 is 10.2 Å². The number of thiophene rings is 1. The fraction of sp³-hybridized carbons (Fsp3) is 0.389. The number of halogens is 2. The highest BCUT2D eigenvalue weighted by atomic mass is 35.5. The molecule has 1 saturated heterocycles. The molecule has 1 aromatic heterocycles. The second-order valence-electron chi connectivity index (χ2n) is 6.58. The Hall–Kier alpha value is -1.68. The van der Waals surface area contributed by atoms with Gasteiger partial charge in [-0.1, -0.05) is 11.6 Å². The highest BCUT2D eigenvalue weighted by Gasteiger charge is 2.25. The Kier molecular flexibility index (Phi) is 6.59. The van der Waals surface area contributed by atoms with Crippen LogP contribution in [-0.2, 0) is 14.8 Å². The highest BCUT2D eigenvalue weighted by Crippen LogP contribution is 2.30. The zero-order chi connectivity index (χ0) is 20.3. The monoisotopic (exact) mass is 445 g/mol. The van der Waals surface area contributed by atoms with Crippen LogP contribution in [0.4, 0.5) is 15.8 Å². The van der Waals surface area contributed by atoms with E-state index in [0.717, 1.165) is 53.7 Å². The van der Waals surface area contributed by atoms with Crippen molar-refractivity contribution in [3.8, 4) is 0 Å². The van der Waals surface area contributed by atoms with Crippen molar-refractivity contribution < 1.29 is 17.6 Å². The quantitative estimate of drug-likeness (QED) is 0.734. The SMILES string of the molecule is CN(CC(=O)Nc1cc(F)ccc1N1CCCCC1)S(=O)(=O)c1ccc(Cl)s1. The number of carbonyl (C=O) groups excluding carboxylic acids is 1. The van der Waals surface area contributed by atoms with E-state index in [1.165, 1.54) is 31.3 Å². The van der Waals surface area contributed by atoms with Crippen LogP contribution in [0.5, 0.6) is 0 Å². The molecule has 1 amide bonds. The maximum absolute atomic E-state index is 13.8. The van der Waals surface area contributed by atoms with E-state index in [4.69, 9.17) is 11.6 Å². The van der Waals surface area contributed by atoms with Crippen LogP contribution in [-0.4, -0.2) is 45.3 Å². The normalized spacial score (nSPS) is 15.1. The summed E-state index contributed by atoms with van der Waals surface area (Å²) < 4.78 is 40.2. The van der Waals surface area contributed by atoms with Crippen molar-refractivity contribution in [3.05, 3.63) is 40.5 Å². The Balaban J connectivity index is 1.73. The molecular formula is C18H21ClFN3O3S2. The minimum Gasteiger partial charge on any atom is -0.370 e.